The van der Waals surface area contributed by atoms with E-state index in [1.54, 1.807) is 7.11 Å². The quantitative estimate of drug-likeness (QED) is 0.743. The van der Waals surface area contributed by atoms with Gasteiger partial charge in [-0.1, -0.05) is 34.6 Å². The van der Waals surface area contributed by atoms with E-state index in [1.165, 1.54) is 0 Å². The Labute approximate surface area is 104 Å². The maximum Gasteiger partial charge on any atom is 0.165 e. The molecule has 0 radical (unpaired) electrons. The molecular weight excluding hydrogens is 212 g/mol. The van der Waals surface area contributed by atoms with Gasteiger partial charge in [-0.25, -0.2) is 0 Å². The molecule has 1 rings (SSSR count). The Morgan fingerprint density at radius 3 is 2.24 bits per heavy atom. The summed E-state index contributed by atoms with van der Waals surface area (Å²) in [5, 5.41) is 0. The second-order valence-electron chi connectivity index (χ2n) is 5.68. The summed E-state index contributed by atoms with van der Waals surface area (Å²) in [4.78, 5) is 12.0. The molecule has 0 aliphatic carbocycles. The van der Waals surface area contributed by atoms with Crippen molar-refractivity contribution in [2.45, 2.75) is 40.0 Å². The van der Waals surface area contributed by atoms with Crippen LogP contribution in [0.3, 0.4) is 0 Å². The van der Waals surface area contributed by atoms with Gasteiger partial charge >= 0.3 is 0 Å². The van der Waals surface area contributed by atoms with Crippen LogP contribution < -0.4 is 4.74 Å². The molecule has 2 nitrogen and oxygen atoms in total. The van der Waals surface area contributed by atoms with Crippen LogP contribution in [-0.4, -0.2) is 12.9 Å². The minimum atomic E-state index is -0.0292. The van der Waals surface area contributed by atoms with Crippen LogP contribution in [0.2, 0.25) is 0 Å². The highest BCUT2D eigenvalue weighted by Gasteiger charge is 2.21. The molecule has 17 heavy (non-hydrogen) atoms. The summed E-state index contributed by atoms with van der Waals surface area (Å²) in [5.41, 5.74) is 1.82. The normalized spacial score (nSPS) is 11.7. The number of benzene rings is 1. The van der Waals surface area contributed by atoms with E-state index >= 15 is 0 Å². The summed E-state index contributed by atoms with van der Waals surface area (Å²) >= 11 is 0. The van der Waals surface area contributed by atoms with Crippen LogP contribution in [0.5, 0.6) is 5.75 Å². The highest BCUT2D eigenvalue weighted by molar-refractivity contribution is 5.97. The lowest BCUT2D eigenvalue weighted by Gasteiger charge is -2.23. The number of carbonyl (C=O) groups excluding carboxylic acids is 1. The van der Waals surface area contributed by atoms with Gasteiger partial charge in [0.1, 0.15) is 5.75 Å². The van der Waals surface area contributed by atoms with Gasteiger partial charge in [0.2, 0.25) is 0 Å². The van der Waals surface area contributed by atoms with E-state index in [4.69, 9.17) is 4.74 Å². The predicted molar refractivity (Wildman–Crippen MR) is 70.9 cm³/mol. The third kappa shape index (κ3) is 3.09. The molecule has 94 valence electrons. The van der Waals surface area contributed by atoms with Crippen LogP contribution in [0.15, 0.2) is 18.2 Å². The summed E-state index contributed by atoms with van der Waals surface area (Å²) in [6, 6.07) is 5.69. The number of ketones is 1. The number of Topliss-reactive ketones (excluding diaryl/α,β-unsaturated/α-hetero) is 1. The zero-order valence-corrected chi connectivity index (χ0v) is 11.6. The molecule has 0 atom stereocenters. The van der Waals surface area contributed by atoms with Gasteiger partial charge in [0.15, 0.2) is 5.78 Å². The lowest BCUT2D eigenvalue weighted by Crippen LogP contribution is -2.15. The van der Waals surface area contributed by atoms with Gasteiger partial charge in [0.25, 0.3) is 0 Å². The molecule has 0 saturated carbocycles. The van der Waals surface area contributed by atoms with E-state index in [-0.39, 0.29) is 17.1 Å². The molecule has 0 aliphatic heterocycles. The van der Waals surface area contributed by atoms with Gasteiger partial charge < -0.3 is 4.74 Å². The van der Waals surface area contributed by atoms with E-state index in [2.05, 4.69) is 20.8 Å². The molecule has 0 aliphatic rings. The van der Waals surface area contributed by atoms with Gasteiger partial charge in [-0.05, 0) is 23.6 Å². The predicted octanol–water partition coefficient (Wildman–Crippen LogP) is 3.83. The Morgan fingerprint density at radius 1 is 1.24 bits per heavy atom. The number of carbonyl (C=O) groups is 1. The third-order valence-electron chi connectivity index (χ3n) is 2.82. The van der Waals surface area contributed by atoms with Crippen LogP contribution in [-0.2, 0) is 5.41 Å². The summed E-state index contributed by atoms with van der Waals surface area (Å²) in [6.45, 7) is 10.2. The standard InChI is InChI=1S/C15H22O2/c1-10(2)14(16)11-7-8-13(17-6)12(9-11)15(3,4)5/h7-10H,1-6H3. The van der Waals surface area contributed by atoms with E-state index in [0.29, 0.717) is 0 Å². The third-order valence-corrected chi connectivity index (χ3v) is 2.82. The number of hydrogen-bond acceptors (Lipinski definition) is 2. The van der Waals surface area contributed by atoms with E-state index in [0.717, 1.165) is 16.9 Å². The molecule has 0 bridgehead atoms. The minimum absolute atomic E-state index is 0.0243. The van der Waals surface area contributed by atoms with Crippen molar-refractivity contribution in [1.82, 2.24) is 0 Å². The van der Waals surface area contributed by atoms with E-state index < -0.39 is 0 Å². The fourth-order valence-corrected chi connectivity index (χ4v) is 1.78. The summed E-state index contributed by atoms with van der Waals surface area (Å²) in [7, 11) is 1.66. The van der Waals surface area contributed by atoms with Crippen molar-refractivity contribution in [1.29, 1.82) is 0 Å². The molecule has 0 heterocycles. The van der Waals surface area contributed by atoms with Crippen LogP contribution in [0, 0.1) is 5.92 Å². The Kier molecular flexibility index (Phi) is 3.97. The SMILES string of the molecule is COc1ccc(C(=O)C(C)C)cc1C(C)(C)C. The molecule has 0 spiro atoms. The van der Waals surface area contributed by atoms with Crippen molar-refractivity contribution in [2.24, 2.45) is 5.92 Å². The average molecular weight is 234 g/mol. The van der Waals surface area contributed by atoms with Crippen LogP contribution >= 0.6 is 0 Å². The van der Waals surface area contributed by atoms with Gasteiger partial charge in [-0.3, -0.25) is 4.79 Å². The number of rotatable bonds is 3. The topological polar surface area (TPSA) is 26.3 Å². The minimum Gasteiger partial charge on any atom is -0.496 e. The average Bonchev–Trinajstić information content (AvgIpc) is 2.25. The molecule has 1 aromatic carbocycles. The number of hydrogen-bond donors (Lipinski definition) is 0. The molecule has 0 fully saturated rings. The monoisotopic (exact) mass is 234 g/mol. The second kappa shape index (κ2) is 4.91. The second-order valence-corrected chi connectivity index (χ2v) is 5.68. The van der Waals surface area contributed by atoms with Crippen LogP contribution in [0.1, 0.15) is 50.5 Å². The summed E-state index contributed by atoms with van der Waals surface area (Å²) in [5.74, 6) is 1.05. The molecule has 0 N–H and O–H groups in total. The smallest absolute Gasteiger partial charge is 0.165 e. The molecular formula is C15H22O2. The molecule has 0 aromatic heterocycles. The first-order chi connectivity index (χ1) is 7.77. The molecule has 0 unspecified atom stereocenters. The van der Waals surface area contributed by atoms with Crippen molar-refractivity contribution in [2.75, 3.05) is 7.11 Å². The molecule has 1 aromatic rings. The molecule has 0 amide bonds. The summed E-state index contributed by atoms with van der Waals surface area (Å²) in [6.07, 6.45) is 0. The van der Waals surface area contributed by atoms with Crippen LogP contribution in [0.25, 0.3) is 0 Å². The van der Waals surface area contributed by atoms with Gasteiger partial charge in [0, 0.05) is 17.0 Å². The molecule has 0 saturated heterocycles. The maximum absolute atomic E-state index is 12.0. The first-order valence-corrected chi connectivity index (χ1v) is 6.00. The zero-order chi connectivity index (χ0) is 13.2. The van der Waals surface area contributed by atoms with E-state index in [9.17, 15) is 4.79 Å². The Balaban J connectivity index is 3.28. The van der Waals surface area contributed by atoms with Gasteiger partial charge in [0.05, 0.1) is 7.11 Å². The van der Waals surface area contributed by atoms with Gasteiger partial charge in [-0.2, -0.15) is 0 Å². The van der Waals surface area contributed by atoms with Crippen molar-refractivity contribution in [3.05, 3.63) is 29.3 Å². The van der Waals surface area contributed by atoms with Gasteiger partial charge in [-0.15, -0.1) is 0 Å². The fraction of sp³-hybridized carbons (Fsp3) is 0.533. The number of methoxy groups -OCH3 is 1. The van der Waals surface area contributed by atoms with E-state index in [1.807, 2.05) is 32.0 Å². The van der Waals surface area contributed by atoms with Crippen LogP contribution in [0.4, 0.5) is 0 Å². The lowest BCUT2D eigenvalue weighted by atomic mass is 9.84. The highest BCUT2D eigenvalue weighted by Crippen LogP contribution is 2.32. The first kappa shape index (κ1) is 13.8. The van der Waals surface area contributed by atoms with Crippen molar-refractivity contribution in [3.8, 4) is 5.75 Å². The molecule has 2 heteroatoms. The zero-order valence-electron chi connectivity index (χ0n) is 11.6. The highest BCUT2D eigenvalue weighted by atomic mass is 16.5. The Morgan fingerprint density at radius 2 is 1.82 bits per heavy atom. The lowest BCUT2D eigenvalue weighted by molar-refractivity contribution is 0.0939. The Bertz CT molecular complexity index is 411. The Hall–Kier alpha value is -1.31. The first-order valence-electron chi connectivity index (χ1n) is 6.00. The van der Waals surface area contributed by atoms with Crippen molar-refractivity contribution >= 4 is 5.78 Å². The largest absolute Gasteiger partial charge is 0.496 e. The fourth-order valence-electron chi connectivity index (χ4n) is 1.78. The summed E-state index contributed by atoms with van der Waals surface area (Å²) < 4.78 is 5.36. The van der Waals surface area contributed by atoms with Crippen molar-refractivity contribution < 1.29 is 9.53 Å². The van der Waals surface area contributed by atoms with Crippen molar-refractivity contribution in [3.63, 3.8) is 0 Å². The maximum atomic E-state index is 12.0. The number of ether oxygens (including phenoxy) is 1.